The second-order valence-electron chi connectivity index (χ2n) is 4.28. The van der Waals surface area contributed by atoms with Gasteiger partial charge in [-0.3, -0.25) is 9.59 Å². The average Bonchev–Trinajstić information content (AvgIpc) is 2.40. The first-order valence-corrected chi connectivity index (χ1v) is 6.03. The monoisotopic (exact) mass is 260 g/mol. The van der Waals surface area contributed by atoms with E-state index in [2.05, 4.69) is 10.3 Å². The number of carbonyl (C=O) groups excluding carboxylic acids is 1. The Hall–Kier alpha value is -2.14. The summed E-state index contributed by atoms with van der Waals surface area (Å²) in [6, 6.07) is 5.43. The lowest BCUT2D eigenvalue weighted by Crippen LogP contribution is -2.31. The number of carbonyl (C=O) groups is 1. The van der Waals surface area contributed by atoms with Crippen LogP contribution in [0.25, 0.3) is 10.9 Å². The molecule has 0 aliphatic rings. The Bertz CT molecular complexity index is 661. The van der Waals surface area contributed by atoms with Crippen molar-refractivity contribution < 1.29 is 9.53 Å². The molecule has 2 N–H and O–H groups in total. The maximum absolute atomic E-state index is 12.2. The summed E-state index contributed by atoms with van der Waals surface area (Å²) in [5.41, 5.74) is 1.60. The topological polar surface area (TPSA) is 71.2 Å². The summed E-state index contributed by atoms with van der Waals surface area (Å²) in [6.07, 6.45) is 1.46. The molecule has 19 heavy (non-hydrogen) atoms. The van der Waals surface area contributed by atoms with Gasteiger partial charge in [0.2, 0.25) is 5.43 Å². The quantitative estimate of drug-likeness (QED) is 0.812. The van der Waals surface area contributed by atoms with Crippen LogP contribution in [-0.2, 0) is 4.74 Å². The summed E-state index contributed by atoms with van der Waals surface area (Å²) in [4.78, 5) is 27.1. The van der Waals surface area contributed by atoms with E-state index in [1.165, 1.54) is 6.20 Å². The molecule has 0 spiro atoms. The minimum Gasteiger partial charge on any atom is -0.383 e. The Morgan fingerprint density at radius 1 is 1.42 bits per heavy atom. The number of ether oxygens (including phenoxy) is 1. The fourth-order valence-corrected chi connectivity index (χ4v) is 1.93. The molecular weight excluding hydrogens is 244 g/mol. The molecule has 5 nitrogen and oxygen atoms in total. The molecule has 0 saturated heterocycles. The Kier molecular flexibility index (Phi) is 3.97. The van der Waals surface area contributed by atoms with Crippen LogP contribution in [0.3, 0.4) is 0 Å². The molecule has 0 saturated carbocycles. The highest BCUT2D eigenvalue weighted by atomic mass is 16.5. The molecule has 1 heterocycles. The molecule has 0 radical (unpaired) electrons. The fourth-order valence-electron chi connectivity index (χ4n) is 1.93. The molecule has 1 amide bonds. The summed E-state index contributed by atoms with van der Waals surface area (Å²) in [5.74, 6) is -0.387. The number of rotatable bonds is 4. The van der Waals surface area contributed by atoms with Crippen LogP contribution in [0.2, 0.25) is 0 Å². The number of aromatic amines is 1. The molecule has 1 aromatic heterocycles. The number of pyridine rings is 1. The molecule has 0 unspecified atom stereocenters. The number of hydrogen-bond acceptors (Lipinski definition) is 3. The third-order valence-corrected chi connectivity index (χ3v) is 2.96. The summed E-state index contributed by atoms with van der Waals surface area (Å²) in [6.45, 7) is 2.70. The molecule has 100 valence electrons. The minimum atomic E-state index is -0.387. The zero-order valence-electron chi connectivity index (χ0n) is 10.9. The van der Waals surface area contributed by atoms with Gasteiger partial charge >= 0.3 is 0 Å². The SMILES string of the molecule is COCCNC(=O)c1c[nH]c2c(C)cccc2c1=O. The maximum atomic E-state index is 12.2. The van der Waals surface area contributed by atoms with Crippen LogP contribution in [0.1, 0.15) is 15.9 Å². The fraction of sp³-hybridized carbons (Fsp3) is 0.286. The van der Waals surface area contributed by atoms with Gasteiger partial charge in [0.05, 0.1) is 12.1 Å². The molecule has 0 fully saturated rings. The number of nitrogens with one attached hydrogen (secondary N) is 2. The number of fused-ring (bicyclic) bond motifs is 1. The molecule has 5 heteroatoms. The highest BCUT2D eigenvalue weighted by molar-refractivity contribution is 5.97. The van der Waals surface area contributed by atoms with Crippen molar-refractivity contribution in [3.8, 4) is 0 Å². The molecule has 0 atom stereocenters. The molecule has 0 bridgehead atoms. The van der Waals surface area contributed by atoms with Crippen molar-refractivity contribution >= 4 is 16.8 Å². The summed E-state index contributed by atoms with van der Waals surface area (Å²) < 4.78 is 4.84. The standard InChI is InChI=1S/C14H16N2O3/c1-9-4-3-5-10-12(9)16-8-11(13(10)17)14(18)15-6-7-19-2/h3-5,8H,6-7H2,1-2H3,(H,15,18)(H,16,17). The van der Waals surface area contributed by atoms with E-state index in [0.717, 1.165) is 11.1 Å². The van der Waals surface area contributed by atoms with Crippen molar-refractivity contribution in [2.45, 2.75) is 6.92 Å². The van der Waals surface area contributed by atoms with Gasteiger partial charge in [0.1, 0.15) is 5.56 Å². The van der Waals surface area contributed by atoms with Gasteiger partial charge in [-0.2, -0.15) is 0 Å². The van der Waals surface area contributed by atoms with E-state index in [-0.39, 0.29) is 16.9 Å². The number of aromatic nitrogens is 1. The summed E-state index contributed by atoms with van der Waals surface area (Å²) in [7, 11) is 1.55. The minimum absolute atomic E-state index is 0.120. The van der Waals surface area contributed by atoms with E-state index in [0.29, 0.717) is 18.5 Å². The number of benzene rings is 1. The summed E-state index contributed by atoms with van der Waals surface area (Å²) >= 11 is 0. The van der Waals surface area contributed by atoms with Gasteiger partial charge in [-0.05, 0) is 18.6 Å². The molecule has 2 rings (SSSR count). The van der Waals surface area contributed by atoms with Crippen LogP contribution in [0.4, 0.5) is 0 Å². The highest BCUT2D eigenvalue weighted by Gasteiger charge is 2.12. The first-order chi connectivity index (χ1) is 9.15. The zero-order valence-corrected chi connectivity index (χ0v) is 10.9. The summed E-state index contributed by atoms with van der Waals surface area (Å²) in [5, 5.41) is 3.16. The van der Waals surface area contributed by atoms with E-state index in [1.54, 1.807) is 19.2 Å². The number of hydrogen-bond donors (Lipinski definition) is 2. The van der Waals surface area contributed by atoms with E-state index >= 15 is 0 Å². The zero-order chi connectivity index (χ0) is 13.8. The van der Waals surface area contributed by atoms with Crippen molar-refractivity contribution in [1.82, 2.24) is 10.3 Å². The Morgan fingerprint density at radius 2 is 2.21 bits per heavy atom. The molecule has 1 aromatic carbocycles. The predicted molar refractivity (Wildman–Crippen MR) is 73.5 cm³/mol. The van der Waals surface area contributed by atoms with Crippen molar-refractivity contribution in [3.63, 3.8) is 0 Å². The Morgan fingerprint density at radius 3 is 2.95 bits per heavy atom. The lowest BCUT2D eigenvalue weighted by Gasteiger charge is -2.06. The first kappa shape index (κ1) is 13.3. The molecule has 0 aliphatic carbocycles. The van der Waals surface area contributed by atoms with Crippen LogP contribution >= 0.6 is 0 Å². The smallest absolute Gasteiger partial charge is 0.256 e. The predicted octanol–water partition coefficient (Wildman–Crippen LogP) is 1.21. The van der Waals surface area contributed by atoms with Crippen LogP contribution in [0.15, 0.2) is 29.2 Å². The van der Waals surface area contributed by atoms with Crippen LogP contribution in [0.5, 0.6) is 0 Å². The maximum Gasteiger partial charge on any atom is 0.256 e. The van der Waals surface area contributed by atoms with E-state index < -0.39 is 0 Å². The van der Waals surface area contributed by atoms with Gasteiger partial charge in [-0.25, -0.2) is 0 Å². The first-order valence-electron chi connectivity index (χ1n) is 6.03. The van der Waals surface area contributed by atoms with Gasteiger partial charge in [-0.15, -0.1) is 0 Å². The van der Waals surface area contributed by atoms with Gasteiger partial charge in [-0.1, -0.05) is 12.1 Å². The van der Waals surface area contributed by atoms with Crippen LogP contribution in [-0.4, -0.2) is 31.2 Å². The van der Waals surface area contributed by atoms with Gasteiger partial charge in [0.15, 0.2) is 0 Å². The third-order valence-electron chi connectivity index (χ3n) is 2.96. The van der Waals surface area contributed by atoms with Crippen molar-refractivity contribution in [3.05, 3.63) is 45.7 Å². The molecular formula is C14H16N2O3. The van der Waals surface area contributed by atoms with Crippen LogP contribution < -0.4 is 10.7 Å². The lowest BCUT2D eigenvalue weighted by molar-refractivity contribution is 0.0936. The number of H-pyrrole nitrogens is 1. The largest absolute Gasteiger partial charge is 0.383 e. The van der Waals surface area contributed by atoms with Crippen molar-refractivity contribution in [2.24, 2.45) is 0 Å². The second kappa shape index (κ2) is 5.67. The number of methoxy groups -OCH3 is 1. The Balaban J connectivity index is 2.38. The van der Waals surface area contributed by atoms with E-state index in [9.17, 15) is 9.59 Å². The van der Waals surface area contributed by atoms with Crippen molar-refractivity contribution in [1.29, 1.82) is 0 Å². The highest BCUT2D eigenvalue weighted by Crippen LogP contribution is 2.12. The van der Waals surface area contributed by atoms with Gasteiger partial charge in [0.25, 0.3) is 5.91 Å². The molecule has 0 aliphatic heterocycles. The Labute approximate surface area is 110 Å². The average molecular weight is 260 g/mol. The van der Waals surface area contributed by atoms with Gasteiger partial charge < -0.3 is 15.0 Å². The van der Waals surface area contributed by atoms with E-state index in [1.807, 2.05) is 13.0 Å². The third kappa shape index (κ3) is 2.66. The normalized spacial score (nSPS) is 10.6. The number of para-hydroxylation sites is 1. The lowest BCUT2D eigenvalue weighted by atomic mass is 10.1. The number of aryl methyl sites for hydroxylation is 1. The van der Waals surface area contributed by atoms with Crippen LogP contribution in [0, 0.1) is 6.92 Å². The van der Waals surface area contributed by atoms with Gasteiger partial charge in [0, 0.05) is 25.2 Å². The van der Waals surface area contributed by atoms with Crippen molar-refractivity contribution in [2.75, 3.05) is 20.3 Å². The molecule has 2 aromatic rings. The number of amides is 1. The van der Waals surface area contributed by atoms with E-state index in [4.69, 9.17) is 4.74 Å². The second-order valence-corrected chi connectivity index (χ2v) is 4.28.